The predicted molar refractivity (Wildman–Crippen MR) is 103 cm³/mol. The minimum Gasteiger partial charge on any atom is -0.507 e. The summed E-state index contributed by atoms with van der Waals surface area (Å²) >= 11 is 8.50. The number of aryl methyl sites for hydroxylation is 1. The summed E-state index contributed by atoms with van der Waals surface area (Å²) in [6.45, 7) is 0. The first-order valence-corrected chi connectivity index (χ1v) is 9.41. The number of hydrogen-bond acceptors (Lipinski definition) is 2. The zero-order valence-electron chi connectivity index (χ0n) is 13.0. The summed E-state index contributed by atoms with van der Waals surface area (Å²) in [5, 5.41) is 10.7. The first kappa shape index (κ1) is 17.0. The van der Waals surface area contributed by atoms with E-state index < -0.39 is 11.6 Å². The SMILES string of the molecule is Oc1cccc(F)c1-c1c(Cl)cc2c(I)c3c(nc2c1F)CCCC3. The molecule has 1 heterocycles. The number of halogens is 4. The third kappa shape index (κ3) is 2.68. The van der Waals surface area contributed by atoms with Gasteiger partial charge in [-0.3, -0.25) is 0 Å². The second-order valence-electron chi connectivity index (χ2n) is 6.14. The largest absolute Gasteiger partial charge is 0.507 e. The topological polar surface area (TPSA) is 33.1 Å². The van der Waals surface area contributed by atoms with Crippen LogP contribution in [0.15, 0.2) is 24.3 Å². The van der Waals surface area contributed by atoms with Crippen molar-refractivity contribution in [2.75, 3.05) is 0 Å². The van der Waals surface area contributed by atoms with E-state index in [4.69, 9.17) is 11.6 Å². The van der Waals surface area contributed by atoms with Crippen molar-refractivity contribution in [3.05, 3.63) is 55.8 Å². The van der Waals surface area contributed by atoms with Crippen LogP contribution in [0.25, 0.3) is 22.0 Å². The van der Waals surface area contributed by atoms with Gasteiger partial charge in [0.25, 0.3) is 0 Å². The van der Waals surface area contributed by atoms with Crippen molar-refractivity contribution in [2.45, 2.75) is 25.7 Å². The van der Waals surface area contributed by atoms with Gasteiger partial charge in [0.05, 0.1) is 10.6 Å². The lowest BCUT2D eigenvalue weighted by atomic mass is 9.93. The molecular formula is C19H13ClF2INO. The summed E-state index contributed by atoms with van der Waals surface area (Å²) in [6, 6.07) is 5.45. The molecule has 0 saturated heterocycles. The molecule has 0 radical (unpaired) electrons. The second kappa shape index (κ2) is 6.36. The van der Waals surface area contributed by atoms with Gasteiger partial charge in [-0.25, -0.2) is 13.8 Å². The molecule has 0 atom stereocenters. The third-order valence-electron chi connectivity index (χ3n) is 4.62. The van der Waals surface area contributed by atoms with Gasteiger partial charge >= 0.3 is 0 Å². The fraction of sp³-hybridized carbons (Fsp3) is 0.211. The Labute approximate surface area is 162 Å². The number of nitrogens with zero attached hydrogens (tertiary/aromatic N) is 1. The molecule has 0 saturated carbocycles. The molecule has 4 rings (SSSR count). The summed E-state index contributed by atoms with van der Waals surface area (Å²) in [7, 11) is 0. The summed E-state index contributed by atoms with van der Waals surface area (Å²) in [5.41, 5.74) is 1.83. The fourth-order valence-corrected chi connectivity index (χ4v) is 4.70. The van der Waals surface area contributed by atoms with E-state index >= 15 is 4.39 Å². The smallest absolute Gasteiger partial charge is 0.159 e. The van der Waals surface area contributed by atoms with Gasteiger partial charge in [0.2, 0.25) is 0 Å². The highest BCUT2D eigenvalue weighted by atomic mass is 127. The quantitative estimate of drug-likeness (QED) is 0.440. The number of hydrogen-bond donors (Lipinski definition) is 1. The monoisotopic (exact) mass is 471 g/mol. The van der Waals surface area contributed by atoms with Crippen LogP contribution in [0.2, 0.25) is 5.02 Å². The predicted octanol–water partition coefficient (Wildman–Crippen LogP) is 6.02. The van der Waals surface area contributed by atoms with E-state index in [1.54, 1.807) is 6.07 Å². The van der Waals surface area contributed by atoms with Crippen molar-refractivity contribution in [1.82, 2.24) is 4.98 Å². The van der Waals surface area contributed by atoms with E-state index in [-0.39, 0.29) is 27.4 Å². The maximum atomic E-state index is 15.3. The van der Waals surface area contributed by atoms with Gasteiger partial charge in [-0.1, -0.05) is 17.7 Å². The van der Waals surface area contributed by atoms with E-state index in [0.29, 0.717) is 5.39 Å². The van der Waals surface area contributed by atoms with Crippen LogP contribution in [0, 0.1) is 15.2 Å². The van der Waals surface area contributed by atoms with Crippen molar-refractivity contribution in [3.63, 3.8) is 0 Å². The van der Waals surface area contributed by atoms with E-state index in [1.165, 1.54) is 18.2 Å². The number of phenols is 1. The van der Waals surface area contributed by atoms with E-state index in [0.717, 1.165) is 40.5 Å². The number of fused-ring (bicyclic) bond motifs is 2. The van der Waals surface area contributed by atoms with Crippen LogP contribution in [-0.2, 0) is 12.8 Å². The molecule has 1 aliphatic rings. The zero-order chi connectivity index (χ0) is 17.7. The highest BCUT2D eigenvalue weighted by molar-refractivity contribution is 14.1. The summed E-state index contributed by atoms with van der Waals surface area (Å²) in [5.74, 6) is -1.78. The average Bonchev–Trinajstić information content (AvgIpc) is 2.59. The molecule has 0 spiro atoms. The molecule has 0 amide bonds. The molecule has 1 aromatic heterocycles. The lowest BCUT2D eigenvalue weighted by Crippen LogP contribution is -2.09. The summed E-state index contributed by atoms with van der Waals surface area (Å²) in [6.07, 6.45) is 3.85. The molecule has 2 aromatic carbocycles. The van der Waals surface area contributed by atoms with Crippen LogP contribution in [0.5, 0.6) is 5.75 Å². The second-order valence-corrected chi connectivity index (χ2v) is 7.62. The molecule has 6 heteroatoms. The number of rotatable bonds is 1. The molecule has 25 heavy (non-hydrogen) atoms. The van der Waals surface area contributed by atoms with Crippen LogP contribution in [0.1, 0.15) is 24.1 Å². The lowest BCUT2D eigenvalue weighted by Gasteiger charge is -2.19. The molecule has 1 aliphatic carbocycles. The van der Waals surface area contributed by atoms with Crippen molar-refractivity contribution < 1.29 is 13.9 Å². The Hall–Kier alpha value is -1.47. The molecule has 0 aliphatic heterocycles. The highest BCUT2D eigenvalue weighted by Crippen LogP contribution is 2.42. The van der Waals surface area contributed by atoms with Crippen LogP contribution in [0.3, 0.4) is 0 Å². The average molecular weight is 472 g/mol. The third-order valence-corrected chi connectivity index (χ3v) is 6.15. The Morgan fingerprint density at radius 3 is 2.64 bits per heavy atom. The Morgan fingerprint density at radius 1 is 1.12 bits per heavy atom. The molecule has 128 valence electrons. The van der Waals surface area contributed by atoms with Gasteiger partial charge in [-0.05, 0) is 72.0 Å². The Morgan fingerprint density at radius 2 is 1.88 bits per heavy atom. The molecule has 2 nitrogen and oxygen atoms in total. The number of aromatic hydroxyl groups is 1. The molecule has 0 bridgehead atoms. The number of aromatic nitrogens is 1. The van der Waals surface area contributed by atoms with E-state index in [9.17, 15) is 9.50 Å². The Balaban J connectivity index is 2.08. The van der Waals surface area contributed by atoms with Gasteiger partial charge in [0.15, 0.2) is 5.82 Å². The first-order valence-electron chi connectivity index (χ1n) is 7.96. The van der Waals surface area contributed by atoms with Crippen LogP contribution < -0.4 is 0 Å². The molecule has 1 N–H and O–H groups in total. The van der Waals surface area contributed by atoms with Crippen LogP contribution in [-0.4, -0.2) is 10.1 Å². The van der Waals surface area contributed by atoms with Crippen molar-refractivity contribution in [3.8, 4) is 16.9 Å². The zero-order valence-corrected chi connectivity index (χ0v) is 16.0. The molecule has 3 aromatic rings. The number of phenolic OH excluding ortho intramolecular Hbond substituents is 1. The van der Waals surface area contributed by atoms with Crippen LogP contribution >= 0.6 is 34.2 Å². The van der Waals surface area contributed by atoms with Crippen molar-refractivity contribution >= 4 is 45.1 Å². The van der Waals surface area contributed by atoms with Crippen LogP contribution in [0.4, 0.5) is 8.78 Å². The Bertz CT molecular complexity index is 1000. The first-order chi connectivity index (χ1) is 12.0. The highest BCUT2D eigenvalue weighted by Gasteiger charge is 2.24. The maximum absolute atomic E-state index is 15.3. The maximum Gasteiger partial charge on any atom is 0.159 e. The minimum atomic E-state index is -0.729. The normalized spacial score (nSPS) is 13.9. The minimum absolute atomic E-state index is 0.0564. The lowest BCUT2D eigenvalue weighted by molar-refractivity contribution is 0.471. The summed E-state index contributed by atoms with van der Waals surface area (Å²) in [4.78, 5) is 4.52. The van der Waals surface area contributed by atoms with E-state index in [2.05, 4.69) is 27.6 Å². The van der Waals surface area contributed by atoms with E-state index in [1.807, 2.05) is 0 Å². The Kier molecular flexibility index (Phi) is 4.32. The molecule has 0 fully saturated rings. The standard InChI is InChI=1S/C19H13ClF2INO/c20-11-8-10-18(23)9-4-1-2-6-13(9)24-19(10)17(22)15(11)16-12(21)5-3-7-14(16)25/h3,5,7-8,25H,1-2,4,6H2. The summed E-state index contributed by atoms with van der Waals surface area (Å²) < 4.78 is 30.5. The van der Waals surface area contributed by atoms with Crippen molar-refractivity contribution in [2.24, 2.45) is 0 Å². The number of benzene rings is 2. The fourth-order valence-electron chi connectivity index (χ4n) is 3.42. The van der Waals surface area contributed by atoms with Gasteiger partial charge in [-0.2, -0.15) is 0 Å². The molecule has 0 unspecified atom stereocenters. The van der Waals surface area contributed by atoms with Crippen molar-refractivity contribution in [1.29, 1.82) is 0 Å². The number of pyridine rings is 1. The van der Waals surface area contributed by atoms with Gasteiger partial charge < -0.3 is 5.11 Å². The van der Waals surface area contributed by atoms with Gasteiger partial charge in [0.1, 0.15) is 17.1 Å². The van der Waals surface area contributed by atoms with Gasteiger partial charge in [-0.15, -0.1) is 0 Å². The van der Waals surface area contributed by atoms with Gasteiger partial charge in [0, 0.05) is 20.2 Å². The molecular weight excluding hydrogens is 459 g/mol.